The Morgan fingerprint density at radius 3 is 2.25 bits per heavy atom. The molecule has 1 amide bonds. The lowest BCUT2D eigenvalue weighted by Gasteiger charge is -2.08. The molecule has 2 rings (SSSR count). The molecule has 0 aliphatic rings. The molecule has 0 atom stereocenters. The summed E-state index contributed by atoms with van der Waals surface area (Å²) in [5.41, 5.74) is 4.77. The first-order valence-electron chi connectivity index (χ1n) is 7.29. The smallest absolute Gasteiger partial charge is 0.271 e. The summed E-state index contributed by atoms with van der Waals surface area (Å²) in [6, 6.07) is 10.5. The Bertz CT molecular complexity index is 757. The Kier molecular flexibility index (Phi) is 5.78. The lowest BCUT2D eigenvalue weighted by atomic mass is 10.1. The number of nitrogens with zero attached hydrogens (tertiary/aromatic N) is 1. The van der Waals surface area contributed by atoms with Gasteiger partial charge in [0.2, 0.25) is 0 Å². The molecule has 0 heterocycles. The van der Waals surface area contributed by atoms with Gasteiger partial charge in [-0.05, 0) is 54.4 Å². The zero-order valence-electron chi connectivity index (χ0n) is 14.1. The lowest BCUT2D eigenvalue weighted by Crippen LogP contribution is -2.17. The molecule has 0 aliphatic heterocycles. The monoisotopic (exact) mass is 328 g/mol. The SMILES string of the molecule is COc1ccc(C=NNC(=O)c2ccc(OC)c(OC)c2)cc1C. The van der Waals surface area contributed by atoms with E-state index in [2.05, 4.69) is 10.5 Å². The van der Waals surface area contributed by atoms with Gasteiger partial charge in [0.15, 0.2) is 11.5 Å². The first-order chi connectivity index (χ1) is 11.6. The van der Waals surface area contributed by atoms with E-state index >= 15 is 0 Å². The maximum Gasteiger partial charge on any atom is 0.271 e. The van der Waals surface area contributed by atoms with E-state index in [1.807, 2.05) is 25.1 Å². The maximum absolute atomic E-state index is 12.1. The van der Waals surface area contributed by atoms with Crippen LogP contribution in [0.3, 0.4) is 0 Å². The van der Waals surface area contributed by atoms with Crippen LogP contribution in [0.25, 0.3) is 0 Å². The Hall–Kier alpha value is -3.02. The number of amides is 1. The summed E-state index contributed by atoms with van der Waals surface area (Å²) >= 11 is 0. The number of carbonyl (C=O) groups excluding carboxylic acids is 1. The molecule has 6 heteroatoms. The highest BCUT2D eigenvalue weighted by Crippen LogP contribution is 2.27. The average Bonchev–Trinajstić information content (AvgIpc) is 2.61. The van der Waals surface area contributed by atoms with E-state index < -0.39 is 0 Å². The molecule has 6 nitrogen and oxygen atoms in total. The highest BCUT2D eigenvalue weighted by molar-refractivity contribution is 5.95. The number of aryl methyl sites for hydroxylation is 1. The third-order valence-electron chi connectivity index (χ3n) is 3.44. The molecule has 0 radical (unpaired) electrons. The van der Waals surface area contributed by atoms with Gasteiger partial charge in [0.25, 0.3) is 5.91 Å². The van der Waals surface area contributed by atoms with Crippen LogP contribution in [0, 0.1) is 6.92 Å². The quantitative estimate of drug-likeness (QED) is 0.654. The van der Waals surface area contributed by atoms with Gasteiger partial charge in [-0.1, -0.05) is 0 Å². The van der Waals surface area contributed by atoms with Gasteiger partial charge in [0, 0.05) is 5.56 Å². The van der Waals surface area contributed by atoms with E-state index in [1.165, 1.54) is 7.11 Å². The van der Waals surface area contributed by atoms with Crippen LogP contribution < -0.4 is 19.6 Å². The second kappa shape index (κ2) is 8.01. The molecule has 0 fully saturated rings. The summed E-state index contributed by atoms with van der Waals surface area (Å²) in [5.74, 6) is 1.52. The van der Waals surface area contributed by atoms with Crippen LogP contribution in [0.5, 0.6) is 17.2 Å². The molecule has 0 unspecified atom stereocenters. The summed E-state index contributed by atoms with van der Waals surface area (Å²) in [6.07, 6.45) is 1.57. The summed E-state index contributed by atoms with van der Waals surface area (Å²) in [7, 11) is 4.68. The van der Waals surface area contributed by atoms with Crippen molar-refractivity contribution in [2.24, 2.45) is 5.10 Å². The molecule has 0 aromatic heterocycles. The van der Waals surface area contributed by atoms with Crippen molar-refractivity contribution < 1.29 is 19.0 Å². The summed E-state index contributed by atoms with van der Waals surface area (Å²) in [6.45, 7) is 1.94. The maximum atomic E-state index is 12.1. The zero-order valence-corrected chi connectivity index (χ0v) is 14.1. The van der Waals surface area contributed by atoms with Crippen molar-refractivity contribution in [2.45, 2.75) is 6.92 Å². The number of hydrogen-bond acceptors (Lipinski definition) is 5. The number of carbonyl (C=O) groups is 1. The molecule has 0 spiro atoms. The number of rotatable bonds is 6. The van der Waals surface area contributed by atoms with E-state index in [4.69, 9.17) is 14.2 Å². The van der Waals surface area contributed by atoms with E-state index in [1.54, 1.807) is 38.6 Å². The zero-order chi connectivity index (χ0) is 17.5. The van der Waals surface area contributed by atoms with E-state index in [0.717, 1.165) is 16.9 Å². The largest absolute Gasteiger partial charge is 0.496 e. The van der Waals surface area contributed by atoms with Gasteiger partial charge in [-0.2, -0.15) is 5.10 Å². The lowest BCUT2D eigenvalue weighted by molar-refractivity contribution is 0.0954. The topological polar surface area (TPSA) is 69.2 Å². The summed E-state index contributed by atoms with van der Waals surface area (Å²) in [5, 5.41) is 3.98. The number of hydrogen-bond donors (Lipinski definition) is 1. The third kappa shape index (κ3) is 4.04. The van der Waals surface area contributed by atoms with Crippen LogP contribution in [-0.2, 0) is 0 Å². The van der Waals surface area contributed by atoms with Crippen LogP contribution in [0.15, 0.2) is 41.5 Å². The number of benzene rings is 2. The van der Waals surface area contributed by atoms with Crippen molar-refractivity contribution in [2.75, 3.05) is 21.3 Å². The fourth-order valence-corrected chi connectivity index (χ4v) is 2.19. The second-order valence-corrected chi connectivity index (χ2v) is 5.00. The highest BCUT2D eigenvalue weighted by Gasteiger charge is 2.09. The number of hydrazone groups is 1. The van der Waals surface area contributed by atoms with Gasteiger partial charge in [-0.3, -0.25) is 4.79 Å². The summed E-state index contributed by atoms with van der Waals surface area (Å²) in [4.78, 5) is 12.1. The summed E-state index contributed by atoms with van der Waals surface area (Å²) < 4.78 is 15.5. The molecule has 0 saturated carbocycles. The molecule has 2 aromatic carbocycles. The number of ether oxygens (including phenoxy) is 3. The van der Waals surface area contributed by atoms with Gasteiger partial charge in [-0.15, -0.1) is 0 Å². The van der Waals surface area contributed by atoms with E-state index in [0.29, 0.717) is 17.1 Å². The average molecular weight is 328 g/mol. The van der Waals surface area contributed by atoms with Gasteiger partial charge >= 0.3 is 0 Å². The predicted octanol–water partition coefficient (Wildman–Crippen LogP) is 2.78. The van der Waals surface area contributed by atoms with Gasteiger partial charge in [0.1, 0.15) is 5.75 Å². The first kappa shape index (κ1) is 17.3. The number of methoxy groups -OCH3 is 3. The molecule has 1 N–H and O–H groups in total. The normalized spacial score (nSPS) is 10.5. The minimum absolute atomic E-state index is 0.336. The van der Waals surface area contributed by atoms with Crippen molar-refractivity contribution in [3.8, 4) is 17.2 Å². The van der Waals surface area contributed by atoms with Crippen molar-refractivity contribution in [1.29, 1.82) is 0 Å². The van der Waals surface area contributed by atoms with Crippen molar-refractivity contribution in [1.82, 2.24) is 5.43 Å². The minimum atomic E-state index is -0.336. The van der Waals surface area contributed by atoms with Gasteiger partial charge < -0.3 is 14.2 Å². The fraction of sp³-hybridized carbons (Fsp3) is 0.222. The molecule has 0 saturated heterocycles. The van der Waals surface area contributed by atoms with E-state index in [-0.39, 0.29) is 5.91 Å². The van der Waals surface area contributed by atoms with Gasteiger partial charge in [0.05, 0.1) is 27.5 Å². The fourth-order valence-electron chi connectivity index (χ4n) is 2.19. The number of nitrogens with one attached hydrogen (secondary N) is 1. The molecule has 0 aliphatic carbocycles. The van der Waals surface area contributed by atoms with Crippen LogP contribution in [0.2, 0.25) is 0 Å². The van der Waals surface area contributed by atoms with Crippen LogP contribution in [-0.4, -0.2) is 33.5 Å². The van der Waals surface area contributed by atoms with Crippen LogP contribution >= 0.6 is 0 Å². The van der Waals surface area contributed by atoms with E-state index in [9.17, 15) is 4.79 Å². The Morgan fingerprint density at radius 2 is 1.62 bits per heavy atom. The minimum Gasteiger partial charge on any atom is -0.496 e. The third-order valence-corrected chi connectivity index (χ3v) is 3.44. The van der Waals surface area contributed by atoms with Crippen LogP contribution in [0.1, 0.15) is 21.5 Å². The molecule has 0 bridgehead atoms. The highest BCUT2D eigenvalue weighted by atomic mass is 16.5. The van der Waals surface area contributed by atoms with Crippen molar-refractivity contribution >= 4 is 12.1 Å². The Balaban J connectivity index is 2.06. The molecular weight excluding hydrogens is 308 g/mol. The molecule has 2 aromatic rings. The van der Waals surface area contributed by atoms with Crippen LogP contribution in [0.4, 0.5) is 0 Å². The first-order valence-corrected chi connectivity index (χ1v) is 7.29. The standard InChI is InChI=1S/C18H20N2O4/c1-12-9-13(5-7-15(12)22-2)11-19-20-18(21)14-6-8-16(23-3)17(10-14)24-4/h5-11H,1-4H3,(H,20,21). The second-order valence-electron chi connectivity index (χ2n) is 5.00. The molecule has 126 valence electrons. The Morgan fingerprint density at radius 1 is 0.958 bits per heavy atom. The molecule has 24 heavy (non-hydrogen) atoms. The van der Waals surface area contributed by atoms with Crippen molar-refractivity contribution in [3.05, 3.63) is 53.1 Å². The Labute approximate surface area is 141 Å². The van der Waals surface area contributed by atoms with Gasteiger partial charge in [-0.25, -0.2) is 5.43 Å². The molecular formula is C18H20N2O4. The van der Waals surface area contributed by atoms with Crippen molar-refractivity contribution in [3.63, 3.8) is 0 Å². The predicted molar refractivity (Wildman–Crippen MR) is 92.3 cm³/mol.